The van der Waals surface area contributed by atoms with Gasteiger partial charge in [0.05, 0.1) is 0 Å². The summed E-state index contributed by atoms with van der Waals surface area (Å²) in [6.45, 7) is 6.72. The highest BCUT2D eigenvalue weighted by Crippen LogP contribution is 2.29. The summed E-state index contributed by atoms with van der Waals surface area (Å²) in [7, 11) is 0. The highest BCUT2D eigenvalue weighted by atomic mass is 16.6. The van der Waals surface area contributed by atoms with Crippen LogP contribution in [-0.2, 0) is 19.9 Å². The molecule has 1 aromatic rings. The number of hydrogen-bond acceptors (Lipinski definition) is 6. The molecular formula is C22H31N5O6. The lowest BCUT2D eigenvalue weighted by Gasteiger charge is -2.23. The minimum atomic E-state index is -1.26. The molecule has 1 aromatic carbocycles. The van der Waals surface area contributed by atoms with Gasteiger partial charge in [-0.25, -0.2) is 14.4 Å². The van der Waals surface area contributed by atoms with Gasteiger partial charge in [-0.2, -0.15) is 0 Å². The fourth-order valence-electron chi connectivity index (χ4n) is 3.40. The zero-order chi connectivity index (χ0) is 25.0. The van der Waals surface area contributed by atoms with Crippen LogP contribution in [0.4, 0.5) is 9.59 Å². The smallest absolute Gasteiger partial charge is 0.408 e. The number of rotatable bonds is 9. The van der Waals surface area contributed by atoms with Crippen LogP contribution in [0.25, 0.3) is 0 Å². The Bertz CT molecular complexity index is 940. The van der Waals surface area contributed by atoms with Crippen LogP contribution in [0.5, 0.6) is 0 Å². The van der Waals surface area contributed by atoms with Gasteiger partial charge in [0.15, 0.2) is 0 Å². The van der Waals surface area contributed by atoms with Gasteiger partial charge in [0.2, 0.25) is 0 Å². The van der Waals surface area contributed by atoms with E-state index in [2.05, 4.69) is 10.6 Å². The number of nitrogens with zero attached hydrogens (tertiary/aromatic N) is 1. The van der Waals surface area contributed by atoms with Crippen molar-refractivity contribution in [3.05, 3.63) is 35.4 Å². The number of amides is 4. The first-order valence-electron chi connectivity index (χ1n) is 10.6. The number of amidine groups is 1. The molecule has 0 spiro atoms. The Morgan fingerprint density at radius 1 is 1.24 bits per heavy atom. The van der Waals surface area contributed by atoms with E-state index in [0.717, 1.165) is 4.90 Å². The van der Waals surface area contributed by atoms with Crippen molar-refractivity contribution < 1.29 is 29.0 Å². The molecule has 1 heterocycles. The van der Waals surface area contributed by atoms with E-state index in [9.17, 15) is 24.3 Å². The number of urea groups is 1. The number of benzene rings is 1. The Balaban J connectivity index is 1.93. The van der Waals surface area contributed by atoms with Crippen LogP contribution in [0.15, 0.2) is 24.3 Å². The first-order chi connectivity index (χ1) is 15.2. The third-order valence-corrected chi connectivity index (χ3v) is 5.16. The van der Waals surface area contributed by atoms with Gasteiger partial charge in [-0.1, -0.05) is 24.3 Å². The summed E-state index contributed by atoms with van der Waals surface area (Å²) in [6, 6.07) is 4.80. The Hall–Kier alpha value is -3.63. The maximum absolute atomic E-state index is 13.0. The number of imide groups is 1. The zero-order valence-electron chi connectivity index (χ0n) is 19.2. The molecule has 1 saturated heterocycles. The number of carboxylic acid groups (broad SMARTS) is 1. The van der Waals surface area contributed by atoms with Gasteiger partial charge in [-0.05, 0) is 52.5 Å². The van der Waals surface area contributed by atoms with Crippen LogP contribution in [-0.4, -0.2) is 58.0 Å². The third kappa shape index (κ3) is 6.43. The van der Waals surface area contributed by atoms with E-state index in [0.29, 0.717) is 24.0 Å². The first-order valence-corrected chi connectivity index (χ1v) is 10.6. The van der Waals surface area contributed by atoms with Crippen LogP contribution in [0.1, 0.15) is 58.1 Å². The average Bonchev–Trinajstić information content (AvgIpc) is 2.92. The maximum atomic E-state index is 13.0. The van der Waals surface area contributed by atoms with Crippen molar-refractivity contribution in [3.63, 3.8) is 0 Å². The highest BCUT2D eigenvalue weighted by molar-refractivity contribution is 6.07. The number of nitrogen functional groups attached to an aromatic ring is 1. The molecular weight excluding hydrogens is 430 g/mol. The fraction of sp³-hybridized carbons (Fsp3) is 0.500. The molecule has 4 amide bonds. The lowest BCUT2D eigenvalue weighted by atomic mass is 9.91. The van der Waals surface area contributed by atoms with Crippen LogP contribution in [0, 0.1) is 5.41 Å². The maximum Gasteiger partial charge on any atom is 0.408 e. The van der Waals surface area contributed by atoms with Crippen LogP contribution >= 0.6 is 0 Å². The summed E-state index contributed by atoms with van der Waals surface area (Å²) in [5.41, 5.74) is 4.50. The molecule has 1 aliphatic heterocycles. The molecule has 11 heteroatoms. The number of carbonyl (C=O) groups is 4. The van der Waals surface area contributed by atoms with Gasteiger partial charge in [-0.15, -0.1) is 0 Å². The number of carboxylic acids is 1. The molecule has 6 N–H and O–H groups in total. The van der Waals surface area contributed by atoms with Gasteiger partial charge in [0, 0.05) is 12.1 Å². The quantitative estimate of drug-likeness (QED) is 0.161. The normalized spacial score (nSPS) is 19.1. The number of hydrogen-bond donors (Lipinski definition) is 5. The molecule has 2 atom stereocenters. The SMILES string of the molecule is CC(C)(C)OC(=O)N[C@@H](CCCCN1C(=O)N[C@@](C)(c2ccc(C(=N)N)cc2)C1=O)C(=O)O. The predicted octanol–water partition coefficient (Wildman–Crippen LogP) is 1.89. The third-order valence-electron chi connectivity index (χ3n) is 5.16. The van der Waals surface area contributed by atoms with Crippen molar-refractivity contribution >= 4 is 29.8 Å². The lowest BCUT2D eigenvalue weighted by Crippen LogP contribution is -2.43. The Kier molecular flexibility index (Phi) is 7.68. The number of ether oxygens (including phenoxy) is 1. The number of unbranched alkanes of at least 4 members (excludes halogenated alkanes) is 1. The Morgan fingerprint density at radius 2 is 1.85 bits per heavy atom. The number of nitrogens with one attached hydrogen (secondary N) is 3. The summed E-state index contributed by atoms with van der Waals surface area (Å²) >= 11 is 0. The highest BCUT2D eigenvalue weighted by Gasteiger charge is 2.48. The number of carbonyl (C=O) groups excluding carboxylic acids is 3. The minimum absolute atomic E-state index is 0.101. The van der Waals surface area contributed by atoms with E-state index in [1.54, 1.807) is 52.0 Å². The summed E-state index contributed by atoms with van der Waals surface area (Å²) < 4.78 is 5.08. The molecule has 11 nitrogen and oxygen atoms in total. The molecule has 2 rings (SSSR count). The molecule has 0 radical (unpaired) electrons. The molecule has 180 valence electrons. The molecule has 0 unspecified atom stereocenters. The topological polar surface area (TPSA) is 175 Å². The number of alkyl carbamates (subject to hydrolysis) is 1. The van der Waals surface area contributed by atoms with Crippen LogP contribution in [0.2, 0.25) is 0 Å². The van der Waals surface area contributed by atoms with E-state index >= 15 is 0 Å². The Morgan fingerprint density at radius 3 is 2.36 bits per heavy atom. The monoisotopic (exact) mass is 461 g/mol. The largest absolute Gasteiger partial charge is 0.480 e. The van der Waals surface area contributed by atoms with Crippen molar-refractivity contribution in [2.75, 3.05) is 6.54 Å². The van der Waals surface area contributed by atoms with Crippen LogP contribution < -0.4 is 16.4 Å². The molecule has 0 aromatic heterocycles. The zero-order valence-corrected chi connectivity index (χ0v) is 19.2. The molecule has 0 aliphatic carbocycles. The molecule has 33 heavy (non-hydrogen) atoms. The average molecular weight is 462 g/mol. The van der Waals surface area contributed by atoms with Crippen molar-refractivity contribution in [2.24, 2.45) is 5.73 Å². The summed E-state index contributed by atoms with van der Waals surface area (Å²) in [5.74, 6) is -1.72. The summed E-state index contributed by atoms with van der Waals surface area (Å²) in [6.07, 6.45) is 0.00396. The van der Waals surface area contributed by atoms with E-state index < -0.39 is 41.2 Å². The minimum Gasteiger partial charge on any atom is -0.480 e. The molecule has 1 fully saturated rings. The van der Waals surface area contributed by atoms with Gasteiger partial charge < -0.3 is 26.2 Å². The molecule has 0 bridgehead atoms. The second-order valence-electron chi connectivity index (χ2n) is 9.04. The summed E-state index contributed by atoms with van der Waals surface area (Å²) in [5, 5.41) is 21.8. The standard InChI is InChI=1S/C22H31N5O6/c1-21(2,3)33-20(32)25-15(17(28)29)7-5-6-12-27-18(30)22(4,26-19(27)31)14-10-8-13(9-11-14)16(23)24/h8-11,15H,5-7,12H2,1-4H3,(H3,23,24)(H,25,32)(H,26,31)(H,28,29)/t15-,22-/m0/s1. The second kappa shape index (κ2) is 9.88. The first kappa shape index (κ1) is 25.6. The Labute approximate surface area is 192 Å². The van der Waals surface area contributed by atoms with Crippen molar-refractivity contribution in [1.82, 2.24) is 15.5 Å². The summed E-state index contributed by atoms with van der Waals surface area (Å²) in [4.78, 5) is 49.8. The van der Waals surface area contributed by atoms with Gasteiger partial charge in [0.1, 0.15) is 23.0 Å². The molecule has 0 saturated carbocycles. The van der Waals surface area contributed by atoms with Gasteiger partial charge >= 0.3 is 18.1 Å². The van der Waals surface area contributed by atoms with Crippen molar-refractivity contribution in [2.45, 2.75) is 64.1 Å². The van der Waals surface area contributed by atoms with Gasteiger partial charge in [0.25, 0.3) is 5.91 Å². The van der Waals surface area contributed by atoms with Crippen molar-refractivity contribution in [3.8, 4) is 0 Å². The second-order valence-corrected chi connectivity index (χ2v) is 9.04. The van der Waals surface area contributed by atoms with Crippen LogP contribution in [0.3, 0.4) is 0 Å². The lowest BCUT2D eigenvalue weighted by molar-refractivity contribution is -0.139. The predicted molar refractivity (Wildman–Crippen MR) is 120 cm³/mol. The van der Waals surface area contributed by atoms with E-state index in [4.69, 9.17) is 15.9 Å². The fourth-order valence-corrected chi connectivity index (χ4v) is 3.40. The van der Waals surface area contributed by atoms with E-state index in [1.165, 1.54) is 0 Å². The number of aliphatic carboxylic acids is 1. The molecule has 1 aliphatic rings. The number of nitrogens with two attached hydrogens (primary N) is 1. The van der Waals surface area contributed by atoms with Gasteiger partial charge in [-0.3, -0.25) is 15.1 Å². The van der Waals surface area contributed by atoms with Crippen molar-refractivity contribution in [1.29, 1.82) is 5.41 Å². The van der Waals surface area contributed by atoms with E-state index in [-0.39, 0.29) is 18.8 Å². The van der Waals surface area contributed by atoms with E-state index in [1.807, 2.05) is 0 Å².